The van der Waals surface area contributed by atoms with Crippen LogP contribution in [0, 0.1) is 5.82 Å². The zero-order valence-corrected chi connectivity index (χ0v) is 8.90. The molecule has 1 fully saturated rings. The van der Waals surface area contributed by atoms with Gasteiger partial charge in [0.05, 0.1) is 12.7 Å². The van der Waals surface area contributed by atoms with E-state index in [9.17, 15) is 4.39 Å². The lowest BCUT2D eigenvalue weighted by Gasteiger charge is -2.25. The molecule has 16 heavy (non-hydrogen) atoms. The predicted molar refractivity (Wildman–Crippen MR) is 58.7 cm³/mol. The van der Waals surface area contributed by atoms with Crippen LogP contribution in [0.4, 0.5) is 4.39 Å². The van der Waals surface area contributed by atoms with Crippen molar-refractivity contribution in [1.82, 2.24) is 0 Å². The highest BCUT2D eigenvalue weighted by Crippen LogP contribution is 2.23. The van der Waals surface area contributed by atoms with E-state index in [2.05, 4.69) is 0 Å². The van der Waals surface area contributed by atoms with Crippen molar-refractivity contribution in [2.24, 2.45) is 0 Å². The first-order valence-corrected chi connectivity index (χ1v) is 5.42. The van der Waals surface area contributed by atoms with Crippen molar-refractivity contribution in [3.63, 3.8) is 0 Å². The van der Waals surface area contributed by atoms with Crippen LogP contribution < -0.4 is 5.46 Å². The van der Waals surface area contributed by atoms with Crippen LogP contribution in [0.5, 0.6) is 0 Å². The Morgan fingerprint density at radius 3 is 2.62 bits per heavy atom. The third kappa shape index (κ3) is 2.81. The van der Waals surface area contributed by atoms with Crippen LogP contribution in [0.3, 0.4) is 0 Å². The van der Waals surface area contributed by atoms with Crippen molar-refractivity contribution >= 4 is 12.6 Å². The summed E-state index contributed by atoms with van der Waals surface area (Å²) in [4.78, 5) is 0. The minimum absolute atomic E-state index is 0.159. The van der Waals surface area contributed by atoms with Crippen molar-refractivity contribution in [2.75, 3.05) is 0 Å². The van der Waals surface area contributed by atoms with E-state index in [1.54, 1.807) is 6.07 Å². The normalized spacial score (nSPS) is 15.9. The number of hydrogen-bond acceptors (Lipinski definition) is 3. The summed E-state index contributed by atoms with van der Waals surface area (Å²) in [6.45, 7) is 0.322. The quantitative estimate of drug-likeness (QED) is 0.735. The predicted octanol–water partition coefficient (Wildman–Crippen LogP) is 0.575. The molecule has 0 aromatic heterocycles. The van der Waals surface area contributed by atoms with Gasteiger partial charge in [-0.3, -0.25) is 0 Å². The molecule has 0 atom stereocenters. The monoisotopic (exact) mass is 224 g/mol. The van der Waals surface area contributed by atoms with Gasteiger partial charge in [0.15, 0.2) is 0 Å². The maximum absolute atomic E-state index is 13.1. The van der Waals surface area contributed by atoms with Gasteiger partial charge in [0.25, 0.3) is 0 Å². The molecule has 2 N–H and O–H groups in total. The Kier molecular flexibility index (Phi) is 3.58. The Labute approximate surface area is 94.0 Å². The molecule has 1 aromatic carbocycles. The van der Waals surface area contributed by atoms with Gasteiger partial charge >= 0.3 is 7.12 Å². The molecule has 1 aliphatic rings. The second-order valence-corrected chi connectivity index (χ2v) is 4.13. The van der Waals surface area contributed by atoms with Crippen LogP contribution in [0.15, 0.2) is 18.2 Å². The van der Waals surface area contributed by atoms with Crippen molar-refractivity contribution in [3.8, 4) is 0 Å². The summed E-state index contributed by atoms with van der Waals surface area (Å²) in [5.41, 5.74) is 0.794. The Hall–Kier alpha value is -0.905. The molecule has 3 nitrogen and oxygen atoms in total. The van der Waals surface area contributed by atoms with Crippen molar-refractivity contribution in [1.29, 1.82) is 0 Å². The summed E-state index contributed by atoms with van der Waals surface area (Å²) < 4.78 is 18.7. The average Bonchev–Trinajstić information content (AvgIpc) is 2.14. The Morgan fingerprint density at radius 1 is 1.31 bits per heavy atom. The third-order valence-electron chi connectivity index (χ3n) is 2.82. The molecule has 2 rings (SSSR count). The third-order valence-corrected chi connectivity index (χ3v) is 2.82. The van der Waals surface area contributed by atoms with Crippen LogP contribution in [0.25, 0.3) is 0 Å². The first-order chi connectivity index (χ1) is 7.65. The largest absolute Gasteiger partial charge is 0.488 e. The second kappa shape index (κ2) is 4.95. The van der Waals surface area contributed by atoms with E-state index in [0.717, 1.165) is 18.9 Å². The second-order valence-electron chi connectivity index (χ2n) is 4.13. The Bertz CT molecular complexity index is 366. The van der Waals surface area contributed by atoms with Gasteiger partial charge in [0.2, 0.25) is 0 Å². The SMILES string of the molecule is OB(O)c1cc(F)cc(COC2CCC2)c1. The maximum Gasteiger partial charge on any atom is 0.488 e. The lowest BCUT2D eigenvalue weighted by atomic mass is 9.79. The lowest BCUT2D eigenvalue weighted by molar-refractivity contribution is -0.00872. The van der Waals surface area contributed by atoms with E-state index in [4.69, 9.17) is 14.8 Å². The minimum Gasteiger partial charge on any atom is -0.423 e. The van der Waals surface area contributed by atoms with E-state index in [1.165, 1.54) is 12.5 Å². The van der Waals surface area contributed by atoms with Crippen LogP contribution in [0.2, 0.25) is 0 Å². The zero-order valence-electron chi connectivity index (χ0n) is 8.90. The van der Waals surface area contributed by atoms with Gasteiger partial charge in [-0.15, -0.1) is 0 Å². The molecule has 0 radical (unpaired) electrons. The summed E-state index contributed by atoms with van der Waals surface area (Å²) in [5, 5.41) is 17.9. The first-order valence-electron chi connectivity index (χ1n) is 5.42. The highest BCUT2D eigenvalue weighted by atomic mass is 19.1. The van der Waals surface area contributed by atoms with Gasteiger partial charge in [0.1, 0.15) is 5.82 Å². The fourth-order valence-corrected chi connectivity index (χ4v) is 1.66. The maximum atomic E-state index is 13.1. The molecule has 0 bridgehead atoms. The summed E-state index contributed by atoms with van der Waals surface area (Å²) in [6.07, 6.45) is 3.59. The first kappa shape index (κ1) is 11.6. The lowest BCUT2D eigenvalue weighted by Crippen LogP contribution is -2.30. The highest BCUT2D eigenvalue weighted by molar-refractivity contribution is 6.58. The van der Waals surface area contributed by atoms with Crippen LogP contribution >= 0.6 is 0 Å². The zero-order chi connectivity index (χ0) is 11.5. The molecule has 0 amide bonds. The van der Waals surface area contributed by atoms with Crippen molar-refractivity contribution < 1.29 is 19.2 Å². The van der Waals surface area contributed by atoms with Crippen LogP contribution in [0.1, 0.15) is 24.8 Å². The minimum atomic E-state index is -1.64. The fraction of sp³-hybridized carbons (Fsp3) is 0.455. The van der Waals surface area contributed by atoms with Gasteiger partial charge in [-0.1, -0.05) is 6.07 Å². The smallest absolute Gasteiger partial charge is 0.423 e. The van der Waals surface area contributed by atoms with Gasteiger partial charge in [-0.25, -0.2) is 4.39 Å². The summed E-state index contributed by atoms with van der Waals surface area (Å²) >= 11 is 0. The van der Waals surface area contributed by atoms with Crippen LogP contribution in [-0.4, -0.2) is 23.3 Å². The highest BCUT2D eigenvalue weighted by Gasteiger charge is 2.18. The summed E-state index contributed by atoms with van der Waals surface area (Å²) in [7, 11) is -1.64. The Balaban J connectivity index is 2.01. The van der Waals surface area contributed by atoms with E-state index >= 15 is 0 Å². The number of hydrogen-bond donors (Lipinski definition) is 2. The van der Waals surface area contributed by atoms with Crippen molar-refractivity contribution in [2.45, 2.75) is 32.0 Å². The molecule has 5 heteroatoms. The van der Waals surface area contributed by atoms with Gasteiger partial charge < -0.3 is 14.8 Å². The number of ether oxygens (including phenoxy) is 1. The standard InChI is InChI=1S/C11H14BFO3/c13-10-5-8(4-9(6-10)12(14)15)7-16-11-2-1-3-11/h4-6,11,14-15H,1-3,7H2. The van der Waals surface area contributed by atoms with Crippen LogP contribution in [-0.2, 0) is 11.3 Å². The number of rotatable bonds is 4. The van der Waals surface area contributed by atoms with Gasteiger partial charge in [0, 0.05) is 0 Å². The van der Waals surface area contributed by atoms with E-state index in [1.807, 2.05) is 0 Å². The molecular weight excluding hydrogens is 210 g/mol. The summed E-state index contributed by atoms with van der Waals surface area (Å²) in [6, 6.07) is 4.01. The number of benzene rings is 1. The number of halogens is 1. The Morgan fingerprint density at radius 2 is 2.06 bits per heavy atom. The molecule has 1 saturated carbocycles. The molecule has 0 unspecified atom stereocenters. The summed E-state index contributed by atoms with van der Waals surface area (Å²) in [5.74, 6) is -0.474. The molecule has 1 aliphatic carbocycles. The topological polar surface area (TPSA) is 49.7 Å². The fourth-order valence-electron chi connectivity index (χ4n) is 1.66. The molecule has 1 aromatic rings. The molecule has 0 heterocycles. The van der Waals surface area contributed by atoms with E-state index in [-0.39, 0.29) is 11.6 Å². The van der Waals surface area contributed by atoms with Crippen molar-refractivity contribution in [3.05, 3.63) is 29.6 Å². The molecule has 86 valence electrons. The van der Waals surface area contributed by atoms with Gasteiger partial charge in [-0.05, 0) is 42.4 Å². The molecule has 0 saturated heterocycles. The van der Waals surface area contributed by atoms with Gasteiger partial charge in [-0.2, -0.15) is 0 Å². The average molecular weight is 224 g/mol. The van der Waals surface area contributed by atoms with E-state index in [0.29, 0.717) is 12.2 Å². The van der Waals surface area contributed by atoms with E-state index < -0.39 is 12.9 Å². The molecule has 0 aliphatic heterocycles. The molecular formula is C11H14BFO3. The molecule has 0 spiro atoms.